The second-order valence-electron chi connectivity index (χ2n) is 16.2. The average molecular weight is 994 g/mol. The molecule has 5 N–H and O–H groups in total. The molecule has 2 unspecified atom stereocenters. The van der Waals surface area contributed by atoms with Gasteiger partial charge in [-0.2, -0.15) is 0 Å². The molecule has 0 aromatic heterocycles. The summed E-state index contributed by atoms with van der Waals surface area (Å²) in [6, 6.07) is 49.5. The molecule has 0 heterocycles. The lowest BCUT2D eigenvalue weighted by Gasteiger charge is -2.18. The van der Waals surface area contributed by atoms with Gasteiger partial charge in [0.1, 0.15) is 35.2 Å². The largest absolute Gasteiger partial charge is 0.507 e. The maximum absolute atomic E-state index is 13.5. The van der Waals surface area contributed by atoms with Crippen LogP contribution in [0.2, 0.25) is 10.0 Å². The summed E-state index contributed by atoms with van der Waals surface area (Å²) in [7, 11) is 1.25. The first-order chi connectivity index (χ1) is 34.2. The number of ether oxygens (including phenoxy) is 1. The number of phenols is 2. The monoisotopic (exact) mass is 992 g/mol. The predicted octanol–water partition coefficient (Wildman–Crippen LogP) is 12.0. The number of carboxylic acid groups (broad SMARTS) is 1. The van der Waals surface area contributed by atoms with Gasteiger partial charge in [-0.15, -0.1) is 0 Å². The fourth-order valence-electron chi connectivity index (χ4n) is 7.55. The van der Waals surface area contributed by atoms with Crippen LogP contribution in [-0.2, 0) is 27.2 Å². The van der Waals surface area contributed by atoms with Crippen molar-refractivity contribution in [3.63, 3.8) is 0 Å². The van der Waals surface area contributed by atoms with E-state index in [9.17, 15) is 43.3 Å². The van der Waals surface area contributed by atoms with Crippen LogP contribution in [0, 0.1) is 11.6 Å². The van der Waals surface area contributed by atoms with Crippen LogP contribution in [0.5, 0.6) is 11.5 Å². The number of rotatable bonds is 14. The second-order valence-corrected chi connectivity index (χ2v) is 17.0. The number of nitrogens with one attached hydrogen (secondary N) is 2. The molecule has 0 fully saturated rings. The van der Waals surface area contributed by atoms with Crippen LogP contribution in [0.1, 0.15) is 31.8 Å². The quantitative estimate of drug-likeness (QED) is 0.0673. The normalized spacial score (nSPS) is 11.6. The van der Waals surface area contributed by atoms with E-state index in [2.05, 4.69) is 10.6 Å². The van der Waals surface area contributed by atoms with E-state index < -0.39 is 47.5 Å². The lowest BCUT2D eigenvalue weighted by molar-refractivity contribution is -0.143. The van der Waals surface area contributed by atoms with E-state index >= 15 is 0 Å². The van der Waals surface area contributed by atoms with Crippen molar-refractivity contribution in [1.82, 2.24) is 10.6 Å². The topological polar surface area (TPSA) is 162 Å². The second kappa shape index (κ2) is 23.3. The summed E-state index contributed by atoms with van der Waals surface area (Å²) >= 11 is 11.7. The molecule has 0 aliphatic carbocycles. The van der Waals surface area contributed by atoms with E-state index in [4.69, 9.17) is 27.9 Å². The molecule has 0 saturated carbocycles. The number of aromatic hydroxyl groups is 2. The first-order valence-corrected chi connectivity index (χ1v) is 22.7. The molecule has 10 nitrogen and oxygen atoms in total. The van der Waals surface area contributed by atoms with Crippen molar-refractivity contribution in [1.29, 1.82) is 0 Å². The zero-order valence-corrected chi connectivity index (χ0v) is 39.3. The first kappa shape index (κ1) is 50.6. The zero-order valence-electron chi connectivity index (χ0n) is 37.8. The van der Waals surface area contributed by atoms with Gasteiger partial charge in [0, 0.05) is 12.8 Å². The third-order valence-electron chi connectivity index (χ3n) is 11.4. The summed E-state index contributed by atoms with van der Waals surface area (Å²) < 4.78 is 31.9. The van der Waals surface area contributed by atoms with E-state index in [1.165, 1.54) is 67.8 Å². The van der Waals surface area contributed by atoms with Crippen molar-refractivity contribution in [3.8, 4) is 56.0 Å². The van der Waals surface area contributed by atoms with E-state index in [-0.39, 0.29) is 45.5 Å². The molecule has 0 bridgehead atoms. The number of methoxy groups -OCH3 is 1. The number of esters is 1. The van der Waals surface area contributed by atoms with Crippen molar-refractivity contribution in [2.75, 3.05) is 7.11 Å². The Balaban J connectivity index is 0.000000209. The minimum Gasteiger partial charge on any atom is -0.507 e. The van der Waals surface area contributed by atoms with Crippen molar-refractivity contribution in [2.24, 2.45) is 0 Å². The number of amides is 2. The number of carbonyl (C=O) groups excluding carboxylic acids is 3. The summed E-state index contributed by atoms with van der Waals surface area (Å²) in [5.41, 5.74) is 7.71. The van der Waals surface area contributed by atoms with E-state index in [1.54, 1.807) is 12.1 Å². The molecule has 14 heteroatoms. The number of benzene rings is 8. The lowest BCUT2D eigenvalue weighted by Crippen LogP contribution is -2.43. The highest BCUT2D eigenvalue weighted by Gasteiger charge is 2.26. The molecule has 0 spiro atoms. The number of phenolic OH excluding ortho intramolecular Hbond substituents is 2. The van der Waals surface area contributed by atoms with Crippen molar-refractivity contribution < 1.29 is 48.0 Å². The van der Waals surface area contributed by atoms with Crippen LogP contribution in [0.3, 0.4) is 0 Å². The number of carboxylic acids is 1. The van der Waals surface area contributed by atoms with Crippen molar-refractivity contribution in [3.05, 3.63) is 226 Å². The molecule has 0 aliphatic rings. The molecule has 8 aromatic rings. The molecule has 8 aromatic carbocycles. The van der Waals surface area contributed by atoms with Gasteiger partial charge in [-0.25, -0.2) is 18.4 Å². The number of halogens is 4. The van der Waals surface area contributed by atoms with Crippen LogP contribution in [-0.4, -0.2) is 58.3 Å². The lowest BCUT2D eigenvalue weighted by atomic mass is 9.99. The van der Waals surface area contributed by atoms with Gasteiger partial charge in [0.2, 0.25) is 0 Å². The molecule has 2 atom stereocenters. The molecule has 358 valence electrons. The number of hydrogen-bond acceptors (Lipinski definition) is 7. The van der Waals surface area contributed by atoms with E-state index in [1.807, 2.05) is 109 Å². The maximum atomic E-state index is 13.5. The van der Waals surface area contributed by atoms with Crippen LogP contribution in [0.25, 0.3) is 44.5 Å². The van der Waals surface area contributed by atoms with Gasteiger partial charge >= 0.3 is 11.9 Å². The predicted molar refractivity (Wildman–Crippen MR) is 270 cm³/mol. The number of hydrogen-bond donors (Lipinski definition) is 5. The highest BCUT2D eigenvalue weighted by Crippen LogP contribution is 2.31. The van der Waals surface area contributed by atoms with E-state index in [0.717, 1.165) is 33.4 Å². The van der Waals surface area contributed by atoms with Crippen LogP contribution in [0.15, 0.2) is 182 Å². The molecule has 71 heavy (non-hydrogen) atoms. The van der Waals surface area contributed by atoms with Gasteiger partial charge in [0.05, 0.1) is 28.3 Å². The third-order valence-corrected chi connectivity index (χ3v) is 12.0. The Morgan fingerprint density at radius 1 is 0.479 bits per heavy atom. The Bertz CT molecular complexity index is 3190. The Morgan fingerprint density at radius 2 is 0.817 bits per heavy atom. The van der Waals surface area contributed by atoms with Gasteiger partial charge in [-0.05, 0) is 104 Å². The molecular weight excluding hydrogens is 950 g/mol. The summed E-state index contributed by atoms with van der Waals surface area (Å²) in [4.78, 5) is 50.3. The first-order valence-electron chi connectivity index (χ1n) is 22.0. The molecular formula is C57H44Cl2F2N2O8. The Morgan fingerprint density at radius 3 is 1.20 bits per heavy atom. The highest BCUT2D eigenvalue weighted by molar-refractivity contribution is 6.31. The fourth-order valence-corrected chi connectivity index (χ4v) is 7.91. The van der Waals surface area contributed by atoms with E-state index in [0.29, 0.717) is 22.3 Å². The highest BCUT2D eigenvalue weighted by atomic mass is 35.5. The molecule has 8 rings (SSSR count). The van der Waals surface area contributed by atoms with Gasteiger partial charge in [0.25, 0.3) is 11.8 Å². The molecule has 0 radical (unpaired) electrons. The Hall–Kier alpha value is -8.32. The van der Waals surface area contributed by atoms with Gasteiger partial charge in [0.15, 0.2) is 0 Å². The molecule has 2 amide bonds. The van der Waals surface area contributed by atoms with Crippen LogP contribution in [0.4, 0.5) is 8.78 Å². The van der Waals surface area contributed by atoms with Crippen molar-refractivity contribution >= 4 is 47.0 Å². The smallest absolute Gasteiger partial charge is 0.328 e. The average Bonchev–Trinajstić information content (AvgIpc) is 3.38. The molecule has 0 aliphatic heterocycles. The Kier molecular flexibility index (Phi) is 16.6. The van der Waals surface area contributed by atoms with Crippen molar-refractivity contribution in [2.45, 2.75) is 24.9 Å². The SMILES string of the molecule is COC(=O)C(Cc1ccc(-c2ccccc2)cc1)NC(=O)c1cc(-c2ccc(F)c(Cl)c2)ccc1O.O=C(NC(Cc1ccc(-c2ccccc2)cc1)C(=O)O)c1cc(-c2ccc(F)c(Cl)c2)ccc1O. The van der Waals surface area contributed by atoms with Crippen LogP contribution < -0.4 is 10.6 Å². The number of carbonyl (C=O) groups is 4. The third kappa shape index (κ3) is 13.1. The fraction of sp³-hybridized carbons (Fsp3) is 0.0877. The van der Waals surface area contributed by atoms with Gasteiger partial charge < -0.3 is 30.7 Å². The number of aliphatic carboxylic acids is 1. The minimum absolute atomic E-state index is 0.0405. The summed E-state index contributed by atoms with van der Waals surface area (Å²) in [6.07, 6.45) is 0.256. The Labute approximate surface area is 417 Å². The summed E-state index contributed by atoms with van der Waals surface area (Å²) in [5.74, 6) is -4.92. The minimum atomic E-state index is -1.21. The van der Waals surface area contributed by atoms with Gasteiger partial charge in [-0.3, -0.25) is 9.59 Å². The standard InChI is InChI=1S/C29H23ClFNO4.C28H21ClFNO4/c1-36-29(35)26(15-18-7-9-20(10-8-18)19-5-3-2-4-6-19)32-28(34)23-16-21(12-14-27(23)33)22-11-13-25(31)24(30)17-22;29-23-16-21(10-12-24(23)30)20-11-13-26(32)22(15-20)27(33)31-25(28(34)35)14-17-6-8-19(9-7-17)18-4-2-1-3-5-18/h2-14,16-17,26,33H,15H2,1H3,(H,32,34);1-13,15-16,25,32H,14H2,(H,31,33)(H,34,35). The summed E-state index contributed by atoms with van der Waals surface area (Å²) in [6.45, 7) is 0. The zero-order chi connectivity index (χ0) is 50.6. The maximum Gasteiger partial charge on any atom is 0.328 e. The molecule has 0 saturated heterocycles. The summed E-state index contributed by atoms with van der Waals surface area (Å²) in [5, 5.41) is 35.3. The van der Waals surface area contributed by atoms with Crippen LogP contribution >= 0.6 is 23.2 Å². The van der Waals surface area contributed by atoms with Gasteiger partial charge in [-0.1, -0.05) is 157 Å².